The van der Waals surface area contributed by atoms with E-state index < -0.39 is 0 Å². The highest BCUT2D eigenvalue weighted by Gasteiger charge is 2.36. The van der Waals surface area contributed by atoms with Crippen LogP contribution >= 0.6 is 0 Å². The lowest BCUT2D eigenvalue weighted by Gasteiger charge is -2.37. The molecule has 0 spiro atoms. The van der Waals surface area contributed by atoms with Gasteiger partial charge in [-0.3, -0.25) is 9.69 Å². The Kier molecular flexibility index (Phi) is 5.66. The highest BCUT2D eigenvalue weighted by atomic mass is 16.5. The van der Waals surface area contributed by atoms with Crippen molar-refractivity contribution in [3.05, 3.63) is 24.5 Å². The Labute approximate surface area is 185 Å². The van der Waals surface area contributed by atoms with Crippen LogP contribution in [-0.2, 0) is 9.53 Å². The quantitative estimate of drug-likeness (QED) is 0.591. The molecule has 2 N–H and O–H groups in total. The van der Waals surface area contributed by atoms with E-state index in [9.17, 15) is 4.79 Å². The zero-order valence-corrected chi connectivity index (χ0v) is 18.2. The van der Waals surface area contributed by atoms with Crippen LogP contribution in [0.2, 0.25) is 0 Å². The van der Waals surface area contributed by atoms with E-state index in [-0.39, 0.29) is 17.9 Å². The Hall–Kier alpha value is -3.18. The van der Waals surface area contributed by atoms with E-state index in [1.165, 1.54) is 4.52 Å². The smallest absolute Gasteiger partial charge is 0.245 e. The molecule has 3 aromatic heterocycles. The van der Waals surface area contributed by atoms with Crippen molar-refractivity contribution in [2.24, 2.45) is 0 Å². The van der Waals surface area contributed by atoms with Gasteiger partial charge in [0.2, 0.25) is 17.7 Å². The monoisotopic (exact) mass is 440 g/mol. The SMILES string of the molecule is COCCN1CCN(C(=O)[C@@H]2CCCN2c2cc3nc(-c4ccco4)nn3c(N)n2)CC1. The second-order valence-electron chi connectivity index (χ2n) is 8.17. The van der Waals surface area contributed by atoms with E-state index in [0.717, 1.165) is 52.1 Å². The van der Waals surface area contributed by atoms with Crippen LogP contribution in [0, 0.1) is 0 Å². The van der Waals surface area contributed by atoms with Gasteiger partial charge in [0.1, 0.15) is 11.9 Å². The number of carbonyl (C=O) groups is 1. The minimum Gasteiger partial charge on any atom is -0.461 e. The molecule has 0 unspecified atom stereocenters. The van der Waals surface area contributed by atoms with Crippen LogP contribution in [0.4, 0.5) is 11.8 Å². The maximum Gasteiger partial charge on any atom is 0.245 e. The largest absolute Gasteiger partial charge is 0.461 e. The van der Waals surface area contributed by atoms with Crippen molar-refractivity contribution >= 4 is 23.3 Å². The highest BCUT2D eigenvalue weighted by Crippen LogP contribution is 2.28. The van der Waals surface area contributed by atoms with Gasteiger partial charge in [-0.05, 0) is 25.0 Å². The minimum atomic E-state index is -0.234. The summed E-state index contributed by atoms with van der Waals surface area (Å²) in [6.07, 6.45) is 3.31. The number of anilines is 2. The molecular weight excluding hydrogens is 412 g/mol. The van der Waals surface area contributed by atoms with Gasteiger partial charge in [0, 0.05) is 52.4 Å². The molecule has 0 aliphatic carbocycles. The van der Waals surface area contributed by atoms with Gasteiger partial charge in [-0.15, -0.1) is 5.10 Å². The summed E-state index contributed by atoms with van der Waals surface area (Å²) in [6.45, 7) is 5.57. The zero-order chi connectivity index (χ0) is 22.1. The molecule has 3 aromatic rings. The molecule has 5 heterocycles. The van der Waals surface area contributed by atoms with Crippen molar-refractivity contribution in [3.8, 4) is 11.6 Å². The molecule has 0 radical (unpaired) electrons. The van der Waals surface area contributed by atoms with Gasteiger partial charge in [-0.25, -0.2) is 4.98 Å². The molecule has 32 heavy (non-hydrogen) atoms. The first-order valence-electron chi connectivity index (χ1n) is 11.0. The number of hydrogen-bond acceptors (Lipinski definition) is 9. The van der Waals surface area contributed by atoms with Crippen LogP contribution in [0.3, 0.4) is 0 Å². The van der Waals surface area contributed by atoms with Crippen LogP contribution in [0.5, 0.6) is 0 Å². The Balaban J connectivity index is 1.33. The lowest BCUT2D eigenvalue weighted by Crippen LogP contribution is -2.54. The maximum absolute atomic E-state index is 13.3. The van der Waals surface area contributed by atoms with Gasteiger partial charge in [-0.1, -0.05) is 0 Å². The first kappa shape index (κ1) is 20.7. The third kappa shape index (κ3) is 3.89. The molecule has 5 rings (SSSR count). The molecule has 2 aliphatic rings. The van der Waals surface area contributed by atoms with Crippen molar-refractivity contribution in [2.45, 2.75) is 18.9 Å². The fourth-order valence-electron chi connectivity index (χ4n) is 4.48. The lowest BCUT2D eigenvalue weighted by molar-refractivity contribution is -0.134. The van der Waals surface area contributed by atoms with Crippen LogP contribution in [0.25, 0.3) is 17.2 Å². The second-order valence-corrected chi connectivity index (χ2v) is 8.17. The number of nitrogens with zero attached hydrogens (tertiary/aromatic N) is 7. The molecule has 0 saturated carbocycles. The predicted molar refractivity (Wildman–Crippen MR) is 118 cm³/mol. The first-order chi connectivity index (χ1) is 15.6. The summed E-state index contributed by atoms with van der Waals surface area (Å²) in [5.41, 5.74) is 6.76. The fourth-order valence-corrected chi connectivity index (χ4v) is 4.48. The number of nitrogen functional groups attached to an aromatic ring is 1. The number of piperazine rings is 1. The number of amides is 1. The predicted octanol–water partition coefficient (Wildman–Crippen LogP) is 0.726. The van der Waals surface area contributed by atoms with Gasteiger partial charge in [-0.2, -0.15) is 9.50 Å². The van der Waals surface area contributed by atoms with Crippen molar-refractivity contribution in [2.75, 3.05) is 63.6 Å². The van der Waals surface area contributed by atoms with Gasteiger partial charge in [0.15, 0.2) is 11.4 Å². The number of rotatable bonds is 6. The van der Waals surface area contributed by atoms with Crippen molar-refractivity contribution in [1.29, 1.82) is 0 Å². The number of hydrogen-bond donors (Lipinski definition) is 1. The molecule has 2 fully saturated rings. The average Bonchev–Trinajstić information content (AvgIpc) is 3.57. The van der Waals surface area contributed by atoms with Crippen molar-refractivity contribution in [1.82, 2.24) is 29.4 Å². The van der Waals surface area contributed by atoms with Gasteiger partial charge >= 0.3 is 0 Å². The number of carbonyl (C=O) groups excluding carboxylic acids is 1. The van der Waals surface area contributed by atoms with E-state index in [1.807, 2.05) is 11.0 Å². The number of ether oxygens (including phenoxy) is 1. The Bertz CT molecular complexity index is 1070. The molecule has 0 aromatic carbocycles. The van der Waals surface area contributed by atoms with Crippen molar-refractivity contribution in [3.63, 3.8) is 0 Å². The molecule has 2 aliphatic heterocycles. The van der Waals surface area contributed by atoms with Crippen molar-refractivity contribution < 1.29 is 13.9 Å². The highest BCUT2D eigenvalue weighted by molar-refractivity contribution is 5.86. The number of furan rings is 1. The molecule has 1 atom stereocenters. The lowest BCUT2D eigenvalue weighted by atomic mass is 10.1. The molecule has 11 heteroatoms. The second kappa shape index (κ2) is 8.75. The topological polar surface area (TPSA) is 118 Å². The normalized spacial score (nSPS) is 19.8. The minimum absolute atomic E-state index is 0.159. The number of nitrogens with two attached hydrogens (primary N) is 1. The number of aromatic nitrogens is 4. The Morgan fingerprint density at radius 2 is 2.09 bits per heavy atom. The van der Waals surface area contributed by atoms with E-state index in [0.29, 0.717) is 29.7 Å². The molecular formula is C21H28N8O3. The summed E-state index contributed by atoms with van der Waals surface area (Å²) in [7, 11) is 1.71. The third-order valence-electron chi connectivity index (χ3n) is 6.21. The fraction of sp³-hybridized carbons (Fsp3) is 0.524. The Morgan fingerprint density at radius 3 is 2.84 bits per heavy atom. The van der Waals surface area contributed by atoms with E-state index >= 15 is 0 Å². The molecule has 0 bridgehead atoms. The van der Waals surface area contributed by atoms with E-state index in [4.69, 9.17) is 14.9 Å². The standard InChI is InChI=1S/C21H28N8O3/c1-31-13-11-26-7-9-27(10-8-26)20(30)15-4-2-6-28(15)17-14-18-23-19(16-5-3-12-32-16)25-29(18)21(22)24-17/h3,5,12,14-15H,2,4,6-11,13H2,1H3,(H2,22,24)/t15-/m0/s1. The summed E-state index contributed by atoms with van der Waals surface area (Å²) in [4.78, 5) is 28.8. The molecule has 11 nitrogen and oxygen atoms in total. The maximum atomic E-state index is 13.3. The van der Waals surface area contributed by atoms with Gasteiger partial charge in [0.25, 0.3) is 0 Å². The summed E-state index contributed by atoms with van der Waals surface area (Å²) < 4.78 is 12.1. The van der Waals surface area contributed by atoms with Crippen LogP contribution in [0.15, 0.2) is 28.9 Å². The third-order valence-corrected chi connectivity index (χ3v) is 6.21. The molecule has 2 saturated heterocycles. The average molecular weight is 441 g/mol. The number of fused-ring (bicyclic) bond motifs is 1. The Morgan fingerprint density at radius 1 is 1.25 bits per heavy atom. The van der Waals surface area contributed by atoms with Gasteiger partial charge < -0.3 is 24.7 Å². The molecule has 1 amide bonds. The summed E-state index contributed by atoms with van der Waals surface area (Å²) >= 11 is 0. The van der Waals surface area contributed by atoms with E-state index in [2.05, 4.69) is 24.9 Å². The van der Waals surface area contributed by atoms with Crippen LogP contribution in [-0.4, -0.2) is 94.3 Å². The number of methoxy groups -OCH3 is 1. The van der Waals surface area contributed by atoms with Crippen LogP contribution in [0.1, 0.15) is 12.8 Å². The first-order valence-corrected chi connectivity index (χ1v) is 11.0. The summed E-state index contributed by atoms with van der Waals surface area (Å²) in [6, 6.07) is 5.18. The van der Waals surface area contributed by atoms with Crippen LogP contribution < -0.4 is 10.6 Å². The molecule has 170 valence electrons. The zero-order valence-electron chi connectivity index (χ0n) is 18.2. The summed E-state index contributed by atoms with van der Waals surface area (Å²) in [5.74, 6) is 2.05. The van der Waals surface area contributed by atoms with E-state index in [1.54, 1.807) is 25.5 Å². The van der Waals surface area contributed by atoms with Gasteiger partial charge in [0.05, 0.1) is 12.9 Å². The summed E-state index contributed by atoms with van der Waals surface area (Å²) in [5, 5.41) is 4.40.